The molecule has 0 aliphatic carbocycles. The van der Waals surface area contributed by atoms with Crippen LogP contribution in [-0.2, 0) is 19.1 Å². The predicted octanol–water partition coefficient (Wildman–Crippen LogP) is -1.29. The molecule has 0 aromatic carbocycles. The number of nitrogens with one attached hydrogen (secondary N) is 1. The van der Waals surface area contributed by atoms with E-state index in [2.05, 4.69) is 9.50 Å². The van der Waals surface area contributed by atoms with E-state index in [0.29, 0.717) is 6.41 Å². The Morgan fingerprint density at radius 1 is 1.60 bits per heavy atom. The van der Waals surface area contributed by atoms with Crippen LogP contribution in [0, 0.1) is 0 Å². The number of carbonyl (C=O) groups is 1. The van der Waals surface area contributed by atoms with E-state index in [9.17, 15) is 13.2 Å². The maximum Gasteiger partial charge on any atom is 0.268 e. The van der Waals surface area contributed by atoms with Gasteiger partial charge in [-0.2, -0.15) is 8.42 Å². The second kappa shape index (κ2) is 4.24. The third-order valence-electron chi connectivity index (χ3n) is 0.834. The van der Waals surface area contributed by atoms with E-state index in [4.69, 9.17) is 0 Å². The average Bonchev–Trinajstić information content (AvgIpc) is 1.89. The van der Waals surface area contributed by atoms with Gasteiger partial charge in [-0.05, 0) is 0 Å². The second-order valence-corrected chi connectivity index (χ2v) is 3.36. The lowest BCUT2D eigenvalue weighted by Gasteiger charge is -1.98. The van der Waals surface area contributed by atoms with E-state index >= 15 is 0 Å². The molecule has 0 radical (unpaired) electrons. The molecule has 0 spiro atoms. The summed E-state index contributed by atoms with van der Waals surface area (Å²) < 4.78 is 25.1. The zero-order valence-corrected chi connectivity index (χ0v) is 6.35. The van der Waals surface area contributed by atoms with Crippen LogP contribution in [0.1, 0.15) is 0 Å². The first-order valence-corrected chi connectivity index (χ1v) is 4.15. The van der Waals surface area contributed by atoms with Crippen molar-refractivity contribution in [3.8, 4) is 0 Å². The summed E-state index contributed by atoms with van der Waals surface area (Å²) >= 11 is 0. The summed E-state index contributed by atoms with van der Waals surface area (Å²) in [5, 5.41) is 2.20. The fourth-order valence-electron chi connectivity index (χ4n) is 0.326. The minimum absolute atomic E-state index is 0.0830. The van der Waals surface area contributed by atoms with Crippen LogP contribution >= 0.6 is 0 Å². The largest absolute Gasteiger partial charge is 0.358 e. The van der Waals surface area contributed by atoms with Crippen molar-refractivity contribution < 1.29 is 17.4 Å². The van der Waals surface area contributed by atoms with Gasteiger partial charge < -0.3 is 5.32 Å². The number of hydrogen-bond donors (Lipinski definition) is 1. The van der Waals surface area contributed by atoms with Crippen LogP contribution < -0.4 is 5.32 Å². The molecule has 0 heterocycles. The summed E-state index contributed by atoms with van der Waals surface area (Å²) in [7, 11) is -2.33. The Kier molecular flexibility index (Phi) is 3.97. The molecule has 5 nitrogen and oxygen atoms in total. The molecule has 0 bridgehead atoms. The van der Waals surface area contributed by atoms with Crippen molar-refractivity contribution in [2.24, 2.45) is 0 Å². The first-order valence-electron chi connectivity index (χ1n) is 2.57. The minimum Gasteiger partial charge on any atom is -0.358 e. The van der Waals surface area contributed by atoms with Gasteiger partial charge in [-0.1, -0.05) is 0 Å². The quantitative estimate of drug-likeness (QED) is 0.314. The highest BCUT2D eigenvalue weighted by Gasteiger charge is 2.05. The highest BCUT2D eigenvalue weighted by molar-refractivity contribution is 7.86. The molecule has 0 aromatic rings. The molecule has 1 amide bonds. The Labute approximate surface area is 59.5 Å². The zero-order valence-electron chi connectivity index (χ0n) is 5.53. The van der Waals surface area contributed by atoms with Crippen LogP contribution in [0.25, 0.3) is 0 Å². The molecule has 0 aromatic heterocycles. The van der Waals surface area contributed by atoms with E-state index in [1.165, 1.54) is 0 Å². The van der Waals surface area contributed by atoms with Crippen molar-refractivity contribution >= 4 is 16.5 Å². The van der Waals surface area contributed by atoms with Gasteiger partial charge in [0.2, 0.25) is 6.41 Å². The Bertz CT molecular complexity index is 185. The molecule has 1 N–H and O–H groups in total. The van der Waals surface area contributed by atoms with Crippen LogP contribution in [0.2, 0.25) is 0 Å². The minimum atomic E-state index is -3.41. The highest BCUT2D eigenvalue weighted by atomic mass is 32.2. The molecule has 10 heavy (non-hydrogen) atoms. The number of rotatable bonds is 5. The van der Waals surface area contributed by atoms with E-state index in [0.717, 1.165) is 7.11 Å². The van der Waals surface area contributed by atoms with Crippen molar-refractivity contribution in [2.45, 2.75) is 0 Å². The Balaban J connectivity index is 3.58. The molecular formula is C4H9NO4S. The fraction of sp³-hybridized carbons (Fsp3) is 0.750. The zero-order chi connectivity index (χ0) is 8.04. The van der Waals surface area contributed by atoms with Crippen LogP contribution in [0.3, 0.4) is 0 Å². The molecule has 60 valence electrons. The Hall–Kier alpha value is -0.620. The van der Waals surface area contributed by atoms with Gasteiger partial charge in [0.15, 0.2) is 0 Å². The number of carbonyl (C=O) groups excluding carboxylic acids is 1. The SMILES string of the molecule is COS(=O)(=O)CCNC=O. The van der Waals surface area contributed by atoms with E-state index in [1.807, 2.05) is 0 Å². The first kappa shape index (κ1) is 9.38. The van der Waals surface area contributed by atoms with E-state index in [-0.39, 0.29) is 12.3 Å². The van der Waals surface area contributed by atoms with Crippen molar-refractivity contribution in [1.29, 1.82) is 0 Å². The topological polar surface area (TPSA) is 72.5 Å². The summed E-state index contributed by atoms with van der Waals surface area (Å²) in [6, 6.07) is 0. The van der Waals surface area contributed by atoms with Crippen molar-refractivity contribution in [3.05, 3.63) is 0 Å². The van der Waals surface area contributed by atoms with E-state index < -0.39 is 10.1 Å². The average molecular weight is 167 g/mol. The lowest BCUT2D eigenvalue weighted by atomic mass is 10.8. The van der Waals surface area contributed by atoms with Gasteiger partial charge in [-0.25, -0.2) is 0 Å². The van der Waals surface area contributed by atoms with Gasteiger partial charge in [0.1, 0.15) is 0 Å². The Morgan fingerprint density at radius 3 is 2.60 bits per heavy atom. The van der Waals surface area contributed by atoms with E-state index in [1.54, 1.807) is 0 Å². The molecule has 0 aliphatic rings. The smallest absolute Gasteiger partial charge is 0.268 e. The van der Waals surface area contributed by atoms with Gasteiger partial charge in [0.05, 0.1) is 12.9 Å². The van der Waals surface area contributed by atoms with Crippen molar-refractivity contribution in [2.75, 3.05) is 19.4 Å². The Morgan fingerprint density at radius 2 is 2.20 bits per heavy atom. The molecule has 0 aliphatic heterocycles. The molecule has 0 unspecified atom stereocenters. The first-order chi connectivity index (χ1) is 4.62. The summed E-state index contributed by atoms with van der Waals surface area (Å²) in [5.74, 6) is -0.192. The van der Waals surface area contributed by atoms with Crippen molar-refractivity contribution in [1.82, 2.24) is 5.32 Å². The molecular weight excluding hydrogens is 158 g/mol. The summed E-state index contributed by atoms with van der Waals surface area (Å²) in [4.78, 5) is 9.63. The fourth-order valence-corrected chi connectivity index (χ4v) is 0.861. The molecule has 0 atom stereocenters. The molecule has 0 saturated carbocycles. The third kappa shape index (κ3) is 4.28. The maximum atomic E-state index is 10.5. The monoisotopic (exact) mass is 167 g/mol. The van der Waals surface area contributed by atoms with Gasteiger partial charge in [-0.3, -0.25) is 8.98 Å². The highest BCUT2D eigenvalue weighted by Crippen LogP contribution is 1.86. The molecule has 0 fully saturated rings. The standard InChI is InChI=1S/C4H9NO4S/c1-9-10(7,8)3-2-5-4-6/h4H,2-3H2,1H3,(H,5,6). The van der Waals surface area contributed by atoms with Gasteiger partial charge in [-0.15, -0.1) is 0 Å². The summed E-state index contributed by atoms with van der Waals surface area (Å²) in [5.41, 5.74) is 0. The normalized spacial score (nSPS) is 10.9. The third-order valence-corrected chi connectivity index (χ3v) is 2.05. The summed E-state index contributed by atoms with van der Waals surface area (Å²) in [6.45, 7) is 0.0830. The molecule has 0 rings (SSSR count). The lowest BCUT2D eigenvalue weighted by Crippen LogP contribution is -2.22. The maximum absolute atomic E-state index is 10.5. The second-order valence-electron chi connectivity index (χ2n) is 1.50. The van der Waals surface area contributed by atoms with Crippen LogP contribution in [0.4, 0.5) is 0 Å². The number of amides is 1. The molecule has 0 saturated heterocycles. The molecule has 6 heteroatoms. The van der Waals surface area contributed by atoms with Gasteiger partial charge >= 0.3 is 0 Å². The van der Waals surface area contributed by atoms with Crippen molar-refractivity contribution in [3.63, 3.8) is 0 Å². The van der Waals surface area contributed by atoms with Crippen LogP contribution in [0.15, 0.2) is 0 Å². The van der Waals surface area contributed by atoms with Gasteiger partial charge in [0.25, 0.3) is 10.1 Å². The summed E-state index contributed by atoms with van der Waals surface area (Å²) in [6.07, 6.45) is 0.436. The number of hydrogen-bond acceptors (Lipinski definition) is 4. The van der Waals surface area contributed by atoms with Crippen LogP contribution in [0.5, 0.6) is 0 Å². The predicted molar refractivity (Wildman–Crippen MR) is 34.9 cm³/mol. The van der Waals surface area contributed by atoms with Gasteiger partial charge in [0, 0.05) is 6.54 Å². The van der Waals surface area contributed by atoms with Crippen LogP contribution in [-0.4, -0.2) is 34.2 Å². The lowest BCUT2D eigenvalue weighted by molar-refractivity contribution is -0.109.